The van der Waals surface area contributed by atoms with Gasteiger partial charge in [-0.25, -0.2) is 0 Å². The molecule has 14 heavy (non-hydrogen) atoms. The van der Waals surface area contributed by atoms with E-state index in [0.717, 1.165) is 12.3 Å². The number of benzene rings is 1. The summed E-state index contributed by atoms with van der Waals surface area (Å²) in [6.07, 6.45) is 2.14. The lowest BCUT2D eigenvalue weighted by atomic mass is 10.2. The second kappa shape index (κ2) is 6.49. The van der Waals surface area contributed by atoms with E-state index in [2.05, 4.69) is 52.6 Å². The van der Waals surface area contributed by atoms with Gasteiger partial charge < -0.3 is 5.32 Å². The molecule has 1 aromatic rings. The zero-order chi connectivity index (χ0) is 10.4. The van der Waals surface area contributed by atoms with Crippen LogP contribution in [-0.2, 0) is 6.54 Å². The van der Waals surface area contributed by atoms with E-state index in [1.54, 1.807) is 0 Å². The van der Waals surface area contributed by atoms with Gasteiger partial charge in [0.1, 0.15) is 0 Å². The third-order valence-electron chi connectivity index (χ3n) is 2.02. The lowest BCUT2D eigenvalue weighted by molar-refractivity contribution is 0.595. The van der Waals surface area contributed by atoms with E-state index in [-0.39, 0.29) is 0 Å². The molecule has 0 spiro atoms. The predicted octanol–water partition coefficient (Wildman–Crippen LogP) is 3.29. The Hall–Kier alpha value is 0.01000. The molecule has 1 aromatic carbocycles. The Morgan fingerprint density at radius 1 is 1.43 bits per heavy atom. The molecule has 0 saturated heterocycles. The number of nitrogens with one attached hydrogen (secondary N) is 1. The standard InChI is InChI=1S/C11H16BrNS/c1-9(8-14-2)13-7-10-5-3-4-6-11(10)12/h3-6,9,13H,7-8H2,1-2H3. The smallest absolute Gasteiger partial charge is 0.0220 e. The van der Waals surface area contributed by atoms with Crippen LogP contribution in [0.1, 0.15) is 12.5 Å². The minimum Gasteiger partial charge on any atom is -0.309 e. The Morgan fingerprint density at radius 2 is 2.14 bits per heavy atom. The summed E-state index contributed by atoms with van der Waals surface area (Å²) in [6, 6.07) is 8.90. The van der Waals surface area contributed by atoms with E-state index in [1.165, 1.54) is 10.0 Å². The predicted molar refractivity (Wildman–Crippen MR) is 68.8 cm³/mol. The summed E-state index contributed by atoms with van der Waals surface area (Å²) >= 11 is 5.42. The highest BCUT2D eigenvalue weighted by molar-refractivity contribution is 9.10. The van der Waals surface area contributed by atoms with Crippen molar-refractivity contribution in [1.82, 2.24) is 5.32 Å². The molecule has 0 saturated carbocycles. The number of hydrogen-bond donors (Lipinski definition) is 1. The third kappa shape index (κ3) is 4.03. The van der Waals surface area contributed by atoms with Crippen molar-refractivity contribution in [3.8, 4) is 0 Å². The summed E-state index contributed by atoms with van der Waals surface area (Å²) in [5, 5.41) is 3.49. The van der Waals surface area contributed by atoms with E-state index in [1.807, 2.05) is 17.8 Å². The molecule has 0 bridgehead atoms. The van der Waals surface area contributed by atoms with Gasteiger partial charge in [-0.3, -0.25) is 0 Å². The van der Waals surface area contributed by atoms with Crippen LogP contribution in [0.25, 0.3) is 0 Å². The Balaban J connectivity index is 2.41. The molecule has 0 aliphatic rings. The average Bonchev–Trinajstić information content (AvgIpc) is 2.17. The van der Waals surface area contributed by atoms with E-state index in [0.29, 0.717) is 6.04 Å². The number of halogens is 1. The second-order valence-electron chi connectivity index (χ2n) is 3.33. The molecule has 0 radical (unpaired) electrons. The Bertz CT molecular complexity index is 278. The fourth-order valence-corrected chi connectivity index (χ4v) is 2.28. The molecule has 1 rings (SSSR count). The van der Waals surface area contributed by atoms with Crippen LogP contribution in [0, 0.1) is 0 Å². The van der Waals surface area contributed by atoms with Gasteiger partial charge in [-0.2, -0.15) is 11.8 Å². The van der Waals surface area contributed by atoms with E-state index in [9.17, 15) is 0 Å². The zero-order valence-corrected chi connectivity index (χ0v) is 11.0. The van der Waals surface area contributed by atoms with Crippen molar-refractivity contribution < 1.29 is 0 Å². The van der Waals surface area contributed by atoms with E-state index in [4.69, 9.17) is 0 Å². The van der Waals surface area contributed by atoms with Crippen molar-refractivity contribution in [3.63, 3.8) is 0 Å². The molecule has 78 valence electrons. The van der Waals surface area contributed by atoms with Gasteiger partial charge in [-0.05, 0) is 24.8 Å². The van der Waals surface area contributed by atoms with E-state index >= 15 is 0 Å². The van der Waals surface area contributed by atoms with Crippen molar-refractivity contribution in [2.24, 2.45) is 0 Å². The minimum absolute atomic E-state index is 0.567. The van der Waals surface area contributed by atoms with Gasteiger partial charge in [-0.15, -0.1) is 0 Å². The Morgan fingerprint density at radius 3 is 2.79 bits per heavy atom. The largest absolute Gasteiger partial charge is 0.309 e. The van der Waals surface area contributed by atoms with Crippen LogP contribution < -0.4 is 5.32 Å². The molecule has 3 heteroatoms. The summed E-state index contributed by atoms with van der Waals surface area (Å²) in [7, 11) is 0. The van der Waals surface area contributed by atoms with Crippen LogP contribution in [0.4, 0.5) is 0 Å². The van der Waals surface area contributed by atoms with Gasteiger partial charge in [-0.1, -0.05) is 34.1 Å². The van der Waals surface area contributed by atoms with Crippen LogP contribution in [0.2, 0.25) is 0 Å². The molecule has 1 N–H and O–H groups in total. The van der Waals surface area contributed by atoms with Gasteiger partial charge in [0, 0.05) is 22.8 Å². The van der Waals surface area contributed by atoms with Crippen LogP contribution >= 0.6 is 27.7 Å². The highest BCUT2D eigenvalue weighted by Crippen LogP contribution is 2.15. The zero-order valence-electron chi connectivity index (χ0n) is 8.59. The third-order valence-corrected chi connectivity index (χ3v) is 3.62. The SMILES string of the molecule is CSCC(C)NCc1ccccc1Br. The number of rotatable bonds is 5. The highest BCUT2D eigenvalue weighted by Gasteiger charge is 2.02. The first-order chi connectivity index (χ1) is 6.74. The van der Waals surface area contributed by atoms with Crippen LogP contribution in [-0.4, -0.2) is 18.1 Å². The summed E-state index contributed by atoms with van der Waals surface area (Å²) in [4.78, 5) is 0. The molecular weight excluding hydrogens is 258 g/mol. The average molecular weight is 274 g/mol. The van der Waals surface area contributed by atoms with Crippen LogP contribution in [0.5, 0.6) is 0 Å². The second-order valence-corrected chi connectivity index (χ2v) is 5.09. The summed E-state index contributed by atoms with van der Waals surface area (Å²) in [6.45, 7) is 3.15. The van der Waals surface area contributed by atoms with Crippen molar-refractivity contribution in [2.45, 2.75) is 19.5 Å². The maximum atomic E-state index is 3.54. The van der Waals surface area contributed by atoms with Gasteiger partial charge in [0.05, 0.1) is 0 Å². The molecule has 0 aromatic heterocycles. The van der Waals surface area contributed by atoms with Gasteiger partial charge in [0.15, 0.2) is 0 Å². The lowest BCUT2D eigenvalue weighted by Crippen LogP contribution is -2.27. The monoisotopic (exact) mass is 273 g/mol. The molecule has 0 aliphatic carbocycles. The first-order valence-electron chi connectivity index (χ1n) is 4.69. The molecule has 0 fully saturated rings. The fourth-order valence-electron chi connectivity index (χ4n) is 1.23. The summed E-state index contributed by atoms with van der Waals surface area (Å²) < 4.78 is 1.18. The normalized spacial score (nSPS) is 12.8. The van der Waals surface area contributed by atoms with Crippen LogP contribution in [0.3, 0.4) is 0 Å². The fraction of sp³-hybridized carbons (Fsp3) is 0.455. The molecule has 0 amide bonds. The summed E-state index contributed by atoms with van der Waals surface area (Å²) in [5.74, 6) is 1.16. The molecule has 1 unspecified atom stereocenters. The molecular formula is C11H16BrNS. The molecule has 1 nitrogen and oxygen atoms in total. The number of thioether (sulfide) groups is 1. The highest BCUT2D eigenvalue weighted by atomic mass is 79.9. The summed E-state index contributed by atoms with van der Waals surface area (Å²) in [5.41, 5.74) is 1.32. The first-order valence-corrected chi connectivity index (χ1v) is 6.88. The van der Waals surface area contributed by atoms with Crippen molar-refractivity contribution in [1.29, 1.82) is 0 Å². The molecule has 0 aliphatic heterocycles. The lowest BCUT2D eigenvalue weighted by Gasteiger charge is -2.12. The minimum atomic E-state index is 0.567. The van der Waals surface area contributed by atoms with Crippen molar-refractivity contribution in [2.75, 3.05) is 12.0 Å². The molecule has 0 heterocycles. The molecule has 1 atom stereocenters. The van der Waals surface area contributed by atoms with Crippen LogP contribution in [0.15, 0.2) is 28.7 Å². The number of hydrogen-bond acceptors (Lipinski definition) is 2. The van der Waals surface area contributed by atoms with Gasteiger partial charge in [0.2, 0.25) is 0 Å². The maximum Gasteiger partial charge on any atom is 0.0220 e. The van der Waals surface area contributed by atoms with Gasteiger partial charge >= 0.3 is 0 Å². The van der Waals surface area contributed by atoms with E-state index < -0.39 is 0 Å². The quantitative estimate of drug-likeness (QED) is 0.884. The van der Waals surface area contributed by atoms with Gasteiger partial charge in [0.25, 0.3) is 0 Å². The topological polar surface area (TPSA) is 12.0 Å². The Kier molecular flexibility index (Phi) is 5.60. The van der Waals surface area contributed by atoms with Crippen molar-refractivity contribution in [3.05, 3.63) is 34.3 Å². The maximum absolute atomic E-state index is 3.54. The Labute approximate surface area is 98.8 Å². The first kappa shape index (κ1) is 12.1. The van der Waals surface area contributed by atoms with Crippen molar-refractivity contribution >= 4 is 27.7 Å².